The maximum absolute atomic E-state index is 11.5. The third-order valence-electron chi connectivity index (χ3n) is 2.18. The molecule has 0 N–H and O–H groups in total. The molecule has 0 aliphatic rings. The normalized spacial score (nSPS) is 10.7. The highest BCUT2D eigenvalue weighted by Crippen LogP contribution is 2.26. The second-order valence-electron chi connectivity index (χ2n) is 3.19. The fraction of sp³-hybridized carbons (Fsp3) is 0.111. The van der Waals surface area contributed by atoms with Crippen LogP contribution in [0.15, 0.2) is 18.2 Å². The van der Waals surface area contributed by atoms with Crippen molar-refractivity contribution in [2.24, 2.45) is 0 Å². The van der Waals surface area contributed by atoms with E-state index < -0.39 is 10.8 Å². The smallest absolute Gasteiger partial charge is 0.271 e. The SMILES string of the molecule is O=C(CCl)n1nc(Cl)c2ccc([N+](=O)[O-])cc21. The third kappa shape index (κ3) is 1.96. The Labute approximate surface area is 105 Å². The van der Waals surface area contributed by atoms with Crippen molar-refractivity contribution in [2.75, 3.05) is 5.88 Å². The van der Waals surface area contributed by atoms with Crippen LogP contribution >= 0.6 is 23.2 Å². The summed E-state index contributed by atoms with van der Waals surface area (Å²) in [7, 11) is 0. The standard InChI is InChI=1S/C9H5Cl2N3O3/c10-4-8(15)13-7-3-5(14(16)17)1-2-6(7)9(11)12-13/h1-3H,4H2. The van der Waals surface area contributed by atoms with Crippen molar-refractivity contribution in [1.82, 2.24) is 9.78 Å². The van der Waals surface area contributed by atoms with Crippen molar-refractivity contribution in [2.45, 2.75) is 0 Å². The average Bonchev–Trinajstić information content (AvgIpc) is 2.65. The van der Waals surface area contributed by atoms with Gasteiger partial charge in [0.15, 0.2) is 5.15 Å². The summed E-state index contributed by atoms with van der Waals surface area (Å²) in [5, 5.41) is 15.0. The Morgan fingerprint density at radius 1 is 1.53 bits per heavy atom. The highest BCUT2D eigenvalue weighted by Gasteiger charge is 2.17. The number of aromatic nitrogens is 2. The van der Waals surface area contributed by atoms with Crippen LogP contribution in [0, 0.1) is 10.1 Å². The maximum Gasteiger partial charge on any atom is 0.271 e. The summed E-state index contributed by atoms with van der Waals surface area (Å²) >= 11 is 11.2. The molecule has 0 saturated heterocycles. The number of nitro groups is 1. The second kappa shape index (κ2) is 4.31. The molecular formula is C9H5Cl2N3O3. The van der Waals surface area contributed by atoms with Crippen molar-refractivity contribution >= 4 is 45.7 Å². The molecule has 0 radical (unpaired) electrons. The Morgan fingerprint density at radius 3 is 2.82 bits per heavy atom. The molecular weight excluding hydrogens is 269 g/mol. The first kappa shape index (κ1) is 11.8. The molecule has 0 bridgehead atoms. The van der Waals surface area contributed by atoms with Gasteiger partial charge in [0.25, 0.3) is 11.6 Å². The Morgan fingerprint density at radius 2 is 2.24 bits per heavy atom. The zero-order valence-corrected chi connectivity index (χ0v) is 9.77. The quantitative estimate of drug-likeness (QED) is 0.478. The number of nitro benzene ring substituents is 1. The Bertz CT molecular complexity index is 623. The van der Waals surface area contributed by atoms with Gasteiger partial charge in [0.1, 0.15) is 5.88 Å². The Hall–Kier alpha value is -1.66. The van der Waals surface area contributed by atoms with E-state index in [4.69, 9.17) is 23.2 Å². The summed E-state index contributed by atoms with van der Waals surface area (Å²) in [6.45, 7) is 0. The van der Waals surface area contributed by atoms with Crippen molar-refractivity contribution in [3.8, 4) is 0 Å². The second-order valence-corrected chi connectivity index (χ2v) is 3.81. The van der Waals surface area contributed by atoms with Crippen molar-refractivity contribution in [3.63, 3.8) is 0 Å². The van der Waals surface area contributed by atoms with Crippen LogP contribution in [0.4, 0.5) is 5.69 Å². The van der Waals surface area contributed by atoms with E-state index >= 15 is 0 Å². The van der Waals surface area contributed by atoms with E-state index in [2.05, 4.69) is 5.10 Å². The van der Waals surface area contributed by atoms with Gasteiger partial charge in [-0.2, -0.15) is 9.78 Å². The van der Waals surface area contributed by atoms with Gasteiger partial charge in [0.2, 0.25) is 0 Å². The van der Waals surface area contributed by atoms with E-state index in [1.807, 2.05) is 0 Å². The minimum atomic E-state index is -0.560. The number of alkyl halides is 1. The first-order valence-electron chi connectivity index (χ1n) is 4.46. The number of carbonyl (C=O) groups excluding carboxylic acids is 1. The lowest BCUT2D eigenvalue weighted by atomic mass is 10.2. The number of halogens is 2. The molecule has 0 aliphatic heterocycles. The van der Waals surface area contributed by atoms with E-state index in [-0.39, 0.29) is 22.2 Å². The van der Waals surface area contributed by atoms with Crippen LogP contribution in [-0.4, -0.2) is 26.5 Å². The van der Waals surface area contributed by atoms with Gasteiger partial charge in [-0.1, -0.05) is 11.6 Å². The van der Waals surface area contributed by atoms with Gasteiger partial charge in [-0.15, -0.1) is 11.6 Å². The van der Waals surface area contributed by atoms with E-state index in [0.717, 1.165) is 4.68 Å². The van der Waals surface area contributed by atoms with Gasteiger partial charge in [-0.3, -0.25) is 14.9 Å². The highest BCUT2D eigenvalue weighted by atomic mass is 35.5. The molecule has 6 nitrogen and oxygen atoms in total. The largest absolute Gasteiger partial charge is 0.271 e. The molecule has 1 aromatic carbocycles. The van der Waals surface area contributed by atoms with Crippen LogP contribution in [0.3, 0.4) is 0 Å². The predicted molar refractivity (Wildman–Crippen MR) is 62.7 cm³/mol. The summed E-state index contributed by atoms with van der Waals surface area (Å²) in [6, 6.07) is 3.98. The lowest BCUT2D eigenvalue weighted by Gasteiger charge is -1.97. The highest BCUT2D eigenvalue weighted by molar-refractivity contribution is 6.35. The molecule has 1 heterocycles. The molecule has 8 heteroatoms. The first-order chi connectivity index (χ1) is 8.04. The average molecular weight is 274 g/mol. The minimum absolute atomic E-state index is 0.105. The van der Waals surface area contributed by atoms with Crippen molar-refractivity contribution < 1.29 is 9.72 Å². The molecule has 1 aromatic heterocycles. The number of nitrogens with zero attached hydrogens (tertiary/aromatic N) is 3. The number of carbonyl (C=O) groups is 1. The fourth-order valence-corrected chi connectivity index (χ4v) is 1.77. The fourth-order valence-electron chi connectivity index (χ4n) is 1.43. The number of fused-ring (bicyclic) bond motifs is 1. The van der Waals surface area contributed by atoms with Crippen LogP contribution in [0.25, 0.3) is 10.9 Å². The monoisotopic (exact) mass is 273 g/mol. The van der Waals surface area contributed by atoms with Gasteiger partial charge >= 0.3 is 0 Å². The summed E-state index contributed by atoms with van der Waals surface area (Å²) in [5.41, 5.74) is 0.132. The molecule has 0 atom stereocenters. The molecule has 0 unspecified atom stereocenters. The van der Waals surface area contributed by atoms with Crippen LogP contribution in [0.5, 0.6) is 0 Å². The summed E-state index contributed by atoms with van der Waals surface area (Å²) < 4.78 is 0.970. The molecule has 0 aliphatic carbocycles. The summed E-state index contributed by atoms with van der Waals surface area (Å²) in [5.74, 6) is -0.778. The first-order valence-corrected chi connectivity index (χ1v) is 5.37. The molecule has 0 fully saturated rings. The number of rotatable bonds is 2. The summed E-state index contributed by atoms with van der Waals surface area (Å²) in [6.07, 6.45) is 0. The van der Waals surface area contributed by atoms with Gasteiger partial charge in [0.05, 0.1) is 10.4 Å². The van der Waals surface area contributed by atoms with Crippen LogP contribution in [0.1, 0.15) is 4.79 Å². The number of hydrogen-bond donors (Lipinski definition) is 0. The number of non-ortho nitro benzene ring substituents is 1. The lowest BCUT2D eigenvalue weighted by Crippen LogP contribution is -2.13. The lowest BCUT2D eigenvalue weighted by molar-refractivity contribution is -0.384. The maximum atomic E-state index is 11.5. The van der Waals surface area contributed by atoms with E-state index in [1.165, 1.54) is 18.2 Å². The predicted octanol–water partition coefficient (Wildman–Crippen LogP) is 2.48. The zero-order chi connectivity index (χ0) is 12.6. The topological polar surface area (TPSA) is 78.0 Å². The van der Waals surface area contributed by atoms with Gasteiger partial charge in [0, 0.05) is 17.5 Å². The number of hydrogen-bond acceptors (Lipinski definition) is 4. The van der Waals surface area contributed by atoms with Crippen LogP contribution in [0.2, 0.25) is 5.15 Å². The van der Waals surface area contributed by atoms with Crippen LogP contribution < -0.4 is 0 Å². The molecule has 88 valence electrons. The van der Waals surface area contributed by atoms with Crippen molar-refractivity contribution in [3.05, 3.63) is 33.5 Å². The van der Waals surface area contributed by atoms with Gasteiger partial charge < -0.3 is 0 Å². The summed E-state index contributed by atoms with van der Waals surface area (Å²) in [4.78, 5) is 21.5. The molecule has 0 saturated carbocycles. The number of benzene rings is 1. The van der Waals surface area contributed by atoms with Crippen molar-refractivity contribution in [1.29, 1.82) is 0 Å². The van der Waals surface area contributed by atoms with E-state index in [1.54, 1.807) is 0 Å². The Kier molecular flexibility index (Phi) is 2.99. The zero-order valence-electron chi connectivity index (χ0n) is 8.26. The van der Waals surface area contributed by atoms with Gasteiger partial charge in [-0.05, 0) is 6.07 Å². The molecule has 0 amide bonds. The Balaban J connectivity index is 2.73. The third-order valence-corrected chi connectivity index (χ3v) is 2.69. The van der Waals surface area contributed by atoms with E-state index in [0.29, 0.717) is 5.39 Å². The molecule has 17 heavy (non-hydrogen) atoms. The molecule has 0 spiro atoms. The van der Waals surface area contributed by atoms with E-state index in [9.17, 15) is 14.9 Å². The van der Waals surface area contributed by atoms with Crippen LogP contribution in [-0.2, 0) is 0 Å². The minimum Gasteiger partial charge on any atom is -0.271 e. The molecule has 2 aromatic rings. The molecule has 2 rings (SSSR count). The van der Waals surface area contributed by atoms with Gasteiger partial charge in [-0.25, -0.2) is 0 Å².